The number of pyridine rings is 1. The minimum Gasteiger partial charge on any atom is -0.394 e. The lowest BCUT2D eigenvalue weighted by atomic mass is 10.1. The molecule has 0 bridgehead atoms. The Hall–Kier alpha value is -3.05. The topological polar surface area (TPSA) is 115 Å². The van der Waals surface area contributed by atoms with E-state index in [2.05, 4.69) is 5.32 Å². The van der Waals surface area contributed by atoms with Crippen molar-refractivity contribution in [3.63, 3.8) is 0 Å². The van der Waals surface area contributed by atoms with Crippen LogP contribution in [0, 0.1) is 0 Å². The van der Waals surface area contributed by atoms with Gasteiger partial charge in [0.2, 0.25) is 5.43 Å². The predicted molar refractivity (Wildman–Crippen MR) is 150 cm³/mol. The molecule has 0 saturated heterocycles. The molecule has 4 rings (SSSR count). The lowest BCUT2D eigenvalue weighted by Crippen LogP contribution is -2.30. The zero-order valence-corrected chi connectivity index (χ0v) is 22.5. The molecule has 10 heteroatoms. The highest BCUT2D eigenvalue weighted by atomic mass is 35.5. The molecule has 0 saturated carbocycles. The van der Waals surface area contributed by atoms with Crippen molar-refractivity contribution in [1.29, 1.82) is 0 Å². The lowest BCUT2D eigenvalue weighted by molar-refractivity contribution is 0.0819. The molecule has 200 valence electrons. The maximum atomic E-state index is 13.3. The van der Waals surface area contributed by atoms with E-state index < -0.39 is 30.2 Å². The second kappa shape index (κ2) is 12.7. The van der Waals surface area contributed by atoms with Crippen LogP contribution in [0.15, 0.2) is 71.7 Å². The van der Waals surface area contributed by atoms with Crippen LogP contribution in [0.4, 0.5) is 0 Å². The van der Waals surface area contributed by atoms with E-state index in [-0.39, 0.29) is 18.7 Å². The molecule has 1 amide bonds. The van der Waals surface area contributed by atoms with Gasteiger partial charge in [-0.2, -0.15) is 0 Å². The van der Waals surface area contributed by atoms with Gasteiger partial charge in [0.25, 0.3) is 5.91 Å². The number of hydrogen-bond acceptors (Lipinski definition) is 7. The third-order valence-corrected chi connectivity index (χ3v) is 7.53. The summed E-state index contributed by atoms with van der Waals surface area (Å²) in [6.45, 7) is 0.654. The number of nitrogens with one attached hydrogen (secondary N) is 1. The quantitative estimate of drug-likeness (QED) is 0.226. The summed E-state index contributed by atoms with van der Waals surface area (Å²) in [7, 11) is 1.88. The maximum Gasteiger partial charge on any atom is 0.257 e. The maximum absolute atomic E-state index is 13.3. The Morgan fingerprint density at radius 2 is 1.84 bits per heavy atom. The molecule has 0 fully saturated rings. The third-order valence-electron chi connectivity index (χ3n) is 6.12. The van der Waals surface area contributed by atoms with Crippen LogP contribution in [0.25, 0.3) is 10.2 Å². The summed E-state index contributed by atoms with van der Waals surface area (Å²) < 4.78 is 1.64. The molecule has 0 radical (unpaired) electrons. The second-order valence-electron chi connectivity index (χ2n) is 9.22. The standard InChI is InChI=1S/C28H30ClN3O5S/c1-31(16-25(35)19-5-3-2-4-6-19)14-22-11-23-26(36)24(15-32(28(23)38-22)13-21(34)17-33)27(37)30-12-18-7-9-20(29)10-8-18/h2-11,15,21,25,33-35H,12-14,16-17H2,1H3,(H,30,37)/t21?,25-/m0/s1. The molecule has 2 atom stereocenters. The van der Waals surface area contributed by atoms with Crippen LogP contribution in [0.2, 0.25) is 5.02 Å². The summed E-state index contributed by atoms with van der Waals surface area (Å²) in [5, 5.41) is 33.8. The number of aromatic nitrogens is 1. The van der Waals surface area contributed by atoms with Crippen molar-refractivity contribution in [2.24, 2.45) is 0 Å². The van der Waals surface area contributed by atoms with E-state index in [9.17, 15) is 24.9 Å². The van der Waals surface area contributed by atoms with E-state index in [4.69, 9.17) is 11.6 Å². The SMILES string of the molecule is CN(Cc1cc2c(=O)c(C(=O)NCc3ccc(Cl)cc3)cn(CC(O)CO)c2s1)C[C@H](O)c1ccccc1. The van der Waals surface area contributed by atoms with Gasteiger partial charge in [-0.25, -0.2) is 0 Å². The first kappa shape index (κ1) is 28.0. The molecule has 1 unspecified atom stereocenters. The number of hydrogen-bond donors (Lipinski definition) is 4. The normalized spacial score (nSPS) is 13.1. The van der Waals surface area contributed by atoms with E-state index in [0.29, 0.717) is 28.3 Å². The van der Waals surface area contributed by atoms with Crippen LogP contribution in [-0.2, 0) is 19.6 Å². The van der Waals surface area contributed by atoms with Gasteiger partial charge in [-0.15, -0.1) is 11.3 Å². The largest absolute Gasteiger partial charge is 0.394 e. The van der Waals surface area contributed by atoms with Gasteiger partial charge in [0, 0.05) is 35.7 Å². The van der Waals surface area contributed by atoms with E-state index in [0.717, 1.165) is 16.0 Å². The van der Waals surface area contributed by atoms with Crippen LogP contribution in [-0.4, -0.2) is 57.0 Å². The number of likely N-dealkylation sites (N-methyl/N-ethyl adjacent to an activating group) is 1. The van der Waals surface area contributed by atoms with E-state index in [1.165, 1.54) is 17.5 Å². The van der Waals surface area contributed by atoms with Crippen molar-refractivity contribution >= 4 is 39.1 Å². The summed E-state index contributed by atoms with van der Waals surface area (Å²) >= 11 is 7.30. The van der Waals surface area contributed by atoms with Crippen molar-refractivity contribution in [3.8, 4) is 0 Å². The Morgan fingerprint density at radius 1 is 1.13 bits per heavy atom. The molecule has 0 spiro atoms. The Kier molecular flexibility index (Phi) is 9.32. The number of thiophene rings is 1. The second-order valence-corrected chi connectivity index (χ2v) is 10.8. The van der Waals surface area contributed by atoms with Gasteiger partial charge < -0.3 is 25.2 Å². The highest BCUT2D eigenvalue weighted by Crippen LogP contribution is 2.26. The van der Waals surface area contributed by atoms with Gasteiger partial charge in [0.15, 0.2) is 0 Å². The Bertz CT molecular complexity index is 1440. The summed E-state index contributed by atoms with van der Waals surface area (Å²) in [6, 6.07) is 18.2. The fraction of sp³-hybridized carbons (Fsp3) is 0.286. The Balaban J connectivity index is 1.58. The zero-order valence-electron chi connectivity index (χ0n) is 20.9. The number of fused-ring (bicyclic) bond motifs is 1. The number of carbonyl (C=O) groups excluding carboxylic acids is 1. The summed E-state index contributed by atoms with van der Waals surface area (Å²) in [6.07, 6.45) is -0.282. The fourth-order valence-corrected chi connectivity index (χ4v) is 5.51. The number of aliphatic hydroxyl groups is 3. The number of amides is 1. The molecule has 2 heterocycles. The van der Waals surface area contributed by atoms with Crippen molar-refractivity contribution in [2.75, 3.05) is 20.2 Å². The number of rotatable bonds is 11. The van der Waals surface area contributed by atoms with Crippen molar-refractivity contribution in [2.45, 2.75) is 31.8 Å². The van der Waals surface area contributed by atoms with Crippen LogP contribution in [0.5, 0.6) is 0 Å². The van der Waals surface area contributed by atoms with Crippen LogP contribution < -0.4 is 10.7 Å². The van der Waals surface area contributed by atoms with Gasteiger partial charge in [-0.3, -0.25) is 14.5 Å². The number of benzene rings is 2. The third kappa shape index (κ3) is 6.87. The van der Waals surface area contributed by atoms with E-state index in [1.807, 2.05) is 42.3 Å². The van der Waals surface area contributed by atoms with Gasteiger partial charge in [-0.05, 0) is 36.4 Å². The van der Waals surface area contributed by atoms with Crippen molar-refractivity contribution < 1.29 is 20.1 Å². The van der Waals surface area contributed by atoms with E-state index in [1.54, 1.807) is 34.9 Å². The average molecular weight is 556 g/mol. The number of halogens is 1. The first-order valence-electron chi connectivity index (χ1n) is 12.1. The summed E-state index contributed by atoms with van der Waals surface area (Å²) in [5.41, 5.74) is 1.20. The van der Waals surface area contributed by atoms with Gasteiger partial charge in [0.1, 0.15) is 10.4 Å². The molecule has 4 N–H and O–H groups in total. The molecular weight excluding hydrogens is 526 g/mol. The van der Waals surface area contributed by atoms with E-state index >= 15 is 0 Å². The molecule has 4 aromatic rings. The van der Waals surface area contributed by atoms with Crippen molar-refractivity contribution in [1.82, 2.24) is 14.8 Å². The highest BCUT2D eigenvalue weighted by molar-refractivity contribution is 7.18. The first-order valence-corrected chi connectivity index (χ1v) is 13.3. The number of carbonyl (C=O) groups is 1. The average Bonchev–Trinajstić information content (AvgIpc) is 3.34. The highest BCUT2D eigenvalue weighted by Gasteiger charge is 2.20. The van der Waals surface area contributed by atoms with Crippen LogP contribution >= 0.6 is 22.9 Å². The molecule has 38 heavy (non-hydrogen) atoms. The Morgan fingerprint density at radius 3 is 2.53 bits per heavy atom. The minimum absolute atomic E-state index is 0.0211. The monoisotopic (exact) mass is 555 g/mol. The smallest absolute Gasteiger partial charge is 0.257 e. The van der Waals surface area contributed by atoms with Crippen molar-refractivity contribution in [3.05, 3.63) is 104 Å². The summed E-state index contributed by atoms with van der Waals surface area (Å²) in [4.78, 5) is 29.8. The van der Waals surface area contributed by atoms with Crippen LogP contribution in [0.3, 0.4) is 0 Å². The predicted octanol–water partition coefficient (Wildman–Crippen LogP) is 3.17. The zero-order chi connectivity index (χ0) is 27.2. The number of aliphatic hydroxyl groups excluding tert-OH is 3. The van der Waals surface area contributed by atoms with Gasteiger partial charge in [0.05, 0.1) is 30.7 Å². The molecule has 0 aliphatic carbocycles. The molecule has 8 nitrogen and oxygen atoms in total. The minimum atomic E-state index is -1.06. The Labute approximate surface area is 229 Å². The number of nitrogens with zero attached hydrogens (tertiary/aromatic N) is 2. The summed E-state index contributed by atoms with van der Waals surface area (Å²) in [5.74, 6) is -0.532. The first-order chi connectivity index (χ1) is 18.2. The molecule has 2 aromatic carbocycles. The van der Waals surface area contributed by atoms with Gasteiger partial charge >= 0.3 is 0 Å². The molecular formula is C28H30ClN3O5S. The molecule has 0 aliphatic heterocycles. The molecule has 2 aromatic heterocycles. The van der Waals surface area contributed by atoms with Crippen LogP contribution in [0.1, 0.15) is 32.5 Å². The molecule has 0 aliphatic rings. The van der Waals surface area contributed by atoms with Gasteiger partial charge in [-0.1, -0.05) is 54.1 Å². The lowest BCUT2D eigenvalue weighted by Gasteiger charge is -2.20. The fourth-order valence-electron chi connectivity index (χ4n) is 4.17.